The van der Waals surface area contributed by atoms with Gasteiger partial charge in [0.1, 0.15) is 4.60 Å². The second-order valence-electron chi connectivity index (χ2n) is 5.05. The molecule has 0 radical (unpaired) electrons. The highest BCUT2D eigenvalue weighted by molar-refractivity contribution is 9.10. The van der Waals surface area contributed by atoms with E-state index in [1.165, 1.54) is 6.20 Å². The number of aliphatic hydroxyl groups is 1. The minimum atomic E-state index is -0.114. The van der Waals surface area contributed by atoms with Crippen LogP contribution < -0.4 is 5.32 Å². The van der Waals surface area contributed by atoms with Gasteiger partial charge in [-0.1, -0.05) is 13.8 Å². The molecule has 4 nitrogen and oxygen atoms in total. The van der Waals surface area contributed by atoms with E-state index in [1.807, 2.05) is 13.8 Å². The topological polar surface area (TPSA) is 62.2 Å². The molecule has 1 heterocycles. The Morgan fingerprint density at radius 2 is 2.22 bits per heavy atom. The van der Waals surface area contributed by atoms with Crippen molar-refractivity contribution in [2.75, 3.05) is 13.2 Å². The number of aliphatic hydroxyl groups excluding tert-OH is 1. The van der Waals surface area contributed by atoms with Gasteiger partial charge in [0.15, 0.2) is 0 Å². The summed E-state index contributed by atoms with van der Waals surface area (Å²) < 4.78 is 0.712. The molecular formula is C13H19BrN2O2. The molecule has 0 aliphatic rings. The molecule has 1 rings (SSSR count). The van der Waals surface area contributed by atoms with Crippen molar-refractivity contribution in [3.8, 4) is 0 Å². The summed E-state index contributed by atoms with van der Waals surface area (Å²) >= 11 is 3.22. The number of pyridine rings is 1. The second kappa shape index (κ2) is 6.85. The number of halogens is 1. The Labute approximate surface area is 116 Å². The summed E-state index contributed by atoms with van der Waals surface area (Å²) in [5, 5.41) is 11.9. The van der Waals surface area contributed by atoms with Crippen LogP contribution in [0.3, 0.4) is 0 Å². The van der Waals surface area contributed by atoms with Crippen molar-refractivity contribution in [2.45, 2.75) is 26.7 Å². The largest absolute Gasteiger partial charge is 0.396 e. The van der Waals surface area contributed by atoms with E-state index < -0.39 is 0 Å². The van der Waals surface area contributed by atoms with E-state index in [1.54, 1.807) is 12.1 Å². The quantitative estimate of drug-likeness (QED) is 0.626. The van der Waals surface area contributed by atoms with Gasteiger partial charge in [-0.3, -0.25) is 4.79 Å². The lowest BCUT2D eigenvalue weighted by Gasteiger charge is -2.21. The molecule has 0 spiro atoms. The maximum absolute atomic E-state index is 11.7. The van der Waals surface area contributed by atoms with Gasteiger partial charge in [-0.15, -0.1) is 0 Å². The normalized spacial score (nSPS) is 11.3. The first-order chi connectivity index (χ1) is 8.44. The van der Waals surface area contributed by atoms with Crippen LogP contribution in [0.5, 0.6) is 0 Å². The highest BCUT2D eigenvalue weighted by Crippen LogP contribution is 2.20. The third-order valence-corrected chi connectivity index (χ3v) is 3.20. The van der Waals surface area contributed by atoms with E-state index in [9.17, 15) is 4.79 Å². The Kier molecular flexibility index (Phi) is 5.75. The Bertz CT molecular complexity index is 390. The second-order valence-corrected chi connectivity index (χ2v) is 5.86. The minimum absolute atomic E-state index is 0.0795. The van der Waals surface area contributed by atoms with Gasteiger partial charge in [0.25, 0.3) is 5.91 Å². The summed E-state index contributed by atoms with van der Waals surface area (Å²) in [4.78, 5) is 15.7. The first-order valence-corrected chi connectivity index (χ1v) is 6.74. The van der Waals surface area contributed by atoms with Crippen molar-refractivity contribution in [3.63, 3.8) is 0 Å². The molecule has 1 amide bonds. The molecule has 5 heteroatoms. The summed E-state index contributed by atoms with van der Waals surface area (Å²) in [6.45, 7) is 4.79. The lowest BCUT2D eigenvalue weighted by atomic mass is 9.89. The number of rotatable bonds is 6. The third kappa shape index (κ3) is 5.14. The number of aromatic nitrogens is 1. The lowest BCUT2D eigenvalue weighted by molar-refractivity contribution is 0.0948. The fourth-order valence-corrected chi connectivity index (χ4v) is 1.69. The van der Waals surface area contributed by atoms with Crippen LogP contribution in [0.1, 0.15) is 37.0 Å². The molecule has 0 aromatic carbocycles. The van der Waals surface area contributed by atoms with Crippen LogP contribution in [0.2, 0.25) is 0 Å². The van der Waals surface area contributed by atoms with Gasteiger partial charge in [0, 0.05) is 19.3 Å². The van der Waals surface area contributed by atoms with Crippen LogP contribution >= 0.6 is 15.9 Å². The minimum Gasteiger partial charge on any atom is -0.396 e. The average molecular weight is 315 g/mol. The lowest BCUT2D eigenvalue weighted by Crippen LogP contribution is -2.26. The molecule has 0 fully saturated rings. The van der Waals surface area contributed by atoms with Crippen LogP contribution in [0.15, 0.2) is 22.9 Å². The Morgan fingerprint density at radius 1 is 1.50 bits per heavy atom. The molecular weight excluding hydrogens is 296 g/mol. The van der Waals surface area contributed by atoms with Crippen LogP contribution in [0.4, 0.5) is 0 Å². The van der Waals surface area contributed by atoms with Crippen LogP contribution in [0, 0.1) is 5.41 Å². The summed E-state index contributed by atoms with van der Waals surface area (Å²) in [7, 11) is 0. The molecule has 1 aromatic heterocycles. The van der Waals surface area contributed by atoms with Crippen LogP contribution in [-0.2, 0) is 0 Å². The fourth-order valence-electron chi connectivity index (χ4n) is 1.46. The summed E-state index contributed by atoms with van der Waals surface area (Å²) in [5.74, 6) is -0.114. The van der Waals surface area contributed by atoms with Gasteiger partial charge in [0.05, 0.1) is 5.56 Å². The number of nitrogens with zero attached hydrogens (tertiary/aromatic N) is 1. The number of amides is 1. The van der Waals surface area contributed by atoms with Crippen LogP contribution in [-0.4, -0.2) is 29.1 Å². The third-order valence-electron chi connectivity index (χ3n) is 2.73. The zero-order valence-corrected chi connectivity index (χ0v) is 12.3. The van der Waals surface area contributed by atoms with Crippen molar-refractivity contribution < 1.29 is 9.90 Å². The van der Waals surface area contributed by atoms with E-state index >= 15 is 0 Å². The smallest absolute Gasteiger partial charge is 0.252 e. The molecule has 0 atom stereocenters. The van der Waals surface area contributed by atoms with E-state index in [0.717, 1.165) is 12.8 Å². The predicted octanol–water partition coefficient (Wildman–Crippen LogP) is 2.37. The van der Waals surface area contributed by atoms with Gasteiger partial charge in [-0.2, -0.15) is 0 Å². The average Bonchev–Trinajstić information content (AvgIpc) is 2.35. The molecule has 0 aliphatic carbocycles. The molecule has 0 saturated carbocycles. The van der Waals surface area contributed by atoms with Crippen molar-refractivity contribution in [3.05, 3.63) is 28.5 Å². The van der Waals surface area contributed by atoms with Gasteiger partial charge in [-0.25, -0.2) is 4.98 Å². The zero-order chi connectivity index (χ0) is 13.6. The Balaban J connectivity index is 2.32. The highest BCUT2D eigenvalue weighted by atomic mass is 79.9. The molecule has 0 saturated heterocycles. The van der Waals surface area contributed by atoms with Crippen LogP contribution in [0.25, 0.3) is 0 Å². The molecule has 18 heavy (non-hydrogen) atoms. The van der Waals surface area contributed by atoms with Gasteiger partial charge in [-0.05, 0) is 46.3 Å². The summed E-state index contributed by atoms with van der Waals surface area (Å²) in [6.07, 6.45) is 3.27. The van der Waals surface area contributed by atoms with Gasteiger partial charge < -0.3 is 10.4 Å². The Hall–Kier alpha value is -0.940. The summed E-state index contributed by atoms with van der Waals surface area (Å²) in [6, 6.07) is 3.47. The SMILES string of the molecule is CC(C)(CO)CCCNC(=O)c1ccc(Br)nc1. The standard InChI is InChI=1S/C13H19BrN2O2/c1-13(2,9-17)6-3-7-15-12(18)10-4-5-11(14)16-8-10/h4-5,8,17H,3,6-7,9H2,1-2H3,(H,15,18). The molecule has 1 aromatic rings. The summed E-state index contributed by atoms with van der Waals surface area (Å²) in [5.41, 5.74) is 0.476. The predicted molar refractivity (Wildman–Crippen MR) is 74.4 cm³/mol. The monoisotopic (exact) mass is 314 g/mol. The highest BCUT2D eigenvalue weighted by Gasteiger charge is 2.15. The Morgan fingerprint density at radius 3 is 2.78 bits per heavy atom. The zero-order valence-electron chi connectivity index (χ0n) is 10.7. The number of hydrogen-bond donors (Lipinski definition) is 2. The molecule has 0 bridgehead atoms. The first-order valence-electron chi connectivity index (χ1n) is 5.95. The van der Waals surface area contributed by atoms with Crippen molar-refractivity contribution in [1.82, 2.24) is 10.3 Å². The first kappa shape index (κ1) is 15.1. The maximum atomic E-state index is 11.7. The molecule has 100 valence electrons. The van der Waals surface area contributed by atoms with E-state index in [2.05, 4.69) is 26.2 Å². The van der Waals surface area contributed by atoms with Crippen molar-refractivity contribution in [2.24, 2.45) is 5.41 Å². The van der Waals surface area contributed by atoms with Crippen molar-refractivity contribution >= 4 is 21.8 Å². The molecule has 0 unspecified atom stereocenters. The van der Waals surface area contributed by atoms with E-state index in [-0.39, 0.29) is 17.9 Å². The fraction of sp³-hybridized carbons (Fsp3) is 0.538. The van der Waals surface area contributed by atoms with E-state index in [0.29, 0.717) is 16.7 Å². The number of nitrogens with one attached hydrogen (secondary N) is 1. The molecule has 2 N–H and O–H groups in total. The number of carbonyl (C=O) groups excluding carboxylic acids is 1. The number of carbonyl (C=O) groups is 1. The van der Waals surface area contributed by atoms with E-state index in [4.69, 9.17) is 5.11 Å². The van der Waals surface area contributed by atoms with Crippen molar-refractivity contribution in [1.29, 1.82) is 0 Å². The maximum Gasteiger partial charge on any atom is 0.252 e. The number of hydrogen-bond acceptors (Lipinski definition) is 3. The molecule has 0 aliphatic heterocycles. The van der Waals surface area contributed by atoms with Gasteiger partial charge >= 0.3 is 0 Å². The van der Waals surface area contributed by atoms with Gasteiger partial charge in [0.2, 0.25) is 0 Å².